The van der Waals surface area contributed by atoms with Crippen LogP contribution in [0.5, 0.6) is 0 Å². The zero-order chi connectivity index (χ0) is 41.6. The lowest BCUT2D eigenvalue weighted by Gasteiger charge is -2.31. The largest absolute Gasteiger partial charge is 0.445 e. The van der Waals surface area contributed by atoms with Crippen molar-refractivity contribution in [2.45, 2.75) is 81.9 Å². The third-order valence-corrected chi connectivity index (χ3v) is 12.1. The molecule has 3 aliphatic rings. The van der Waals surface area contributed by atoms with Crippen molar-refractivity contribution in [3.05, 3.63) is 114 Å². The van der Waals surface area contributed by atoms with Gasteiger partial charge in [-0.1, -0.05) is 97.9 Å². The van der Waals surface area contributed by atoms with Crippen molar-refractivity contribution in [2.24, 2.45) is 5.92 Å². The molecule has 3 aromatic carbocycles. The average molecular weight is 816 g/mol. The van der Waals surface area contributed by atoms with Crippen molar-refractivity contribution in [2.75, 3.05) is 42.9 Å². The van der Waals surface area contributed by atoms with Crippen LogP contribution < -0.4 is 20.9 Å². The van der Waals surface area contributed by atoms with Crippen molar-refractivity contribution in [1.82, 2.24) is 35.1 Å². The van der Waals surface area contributed by atoms with E-state index in [0.29, 0.717) is 74.9 Å². The van der Waals surface area contributed by atoms with E-state index in [9.17, 15) is 24.6 Å². The smallest absolute Gasteiger partial charge is 0.410 e. The average Bonchev–Trinajstić information content (AvgIpc) is 4.01. The number of hydrogen-bond acceptors (Lipinski definition) is 11. The Morgan fingerprint density at radius 3 is 2.17 bits per heavy atom. The highest BCUT2D eigenvalue weighted by atomic mass is 16.6. The highest BCUT2D eigenvalue weighted by molar-refractivity contribution is 5.85. The minimum absolute atomic E-state index is 0.00382. The summed E-state index contributed by atoms with van der Waals surface area (Å²) in [4.78, 5) is 57.1. The molecule has 0 bridgehead atoms. The van der Waals surface area contributed by atoms with E-state index in [4.69, 9.17) is 19.7 Å². The Morgan fingerprint density at radius 2 is 1.50 bits per heavy atom. The van der Waals surface area contributed by atoms with Crippen LogP contribution in [-0.2, 0) is 20.9 Å². The number of imidazole rings is 1. The van der Waals surface area contributed by atoms with Gasteiger partial charge in [-0.2, -0.15) is 9.97 Å². The number of benzene rings is 3. The van der Waals surface area contributed by atoms with Gasteiger partial charge in [-0.05, 0) is 42.4 Å². The molecule has 15 nitrogen and oxygen atoms in total. The maximum Gasteiger partial charge on any atom is 0.410 e. The summed E-state index contributed by atoms with van der Waals surface area (Å²) in [5.74, 6) is 0.529. The standard InChI is InChI=1S/C45H53N9O6/c1-2-37(55)49-35-24-36(40(57)39(35)56)54-28-47-38-41(46-25-34(30-14-8-4-9-15-30)31-16-10-5-11-17-31)50-44(51-42(38)54)53-23-20-33(26-53)48-43(58)32-18-21-52(22-19-32)45(59)60-27-29-12-6-3-7-13-29/h3-17,28,32-36,39-40,56-57H,2,18-27H2,1H3,(H,48,58)(H,49,55)(H,46,50,51)/t33-,35+,36-,39-,40+/m1/s1. The fourth-order valence-electron chi connectivity index (χ4n) is 8.66. The molecule has 4 heterocycles. The van der Waals surface area contributed by atoms with Gasteiger partial charge in [-0.15, -0.1) is 0 Å². The molecular formula is C45H53N9O6. The number of anilines is 2. The molecule has 0 spiro atoms. The number of nitrogens with one attached hydrogen (secondary N) is 3. The molecular weight excluding hydrogens is 763 g/mol. The van der Waals surface area contributed by atoms with Gasteiger partial charge in [-0.25, -0.2) is 9.78 Å². The highest BCUT2D eigenvalue weighted by Crippen LogP contribution is 2.36. The predicted octanol–water partition coefficient (Wildman–Crippen LogP) is 4.38. The number of nitrogens with zero attached hydrogens (tertiary/aromatic N) is 6. The monoisotopic (exact) mass is 815 g/mol. The second-order valence-corrected chi connectivity index (χ2v) is 16.0. The van der Waals surface area contributed by atoms with Gasteiger partial charge in [0.25, 0.3) is 0 Å². The van der Waals surface area contributed by atoms with Gasteiger partial charge >= 0.3 is 6.09 Å². The number of carbonyl (C=O) groups excluding carboxylic acids is 3. The summed E-state index contributed by atoms with van der Waals surface area (Å²) in [6.07, 6.45) is 1.27. The summed E-state index contributed by atoms with van der Waals surface area (Å²) in [5.41, 5.74) is 4.21. The van der Waals surface area contributed by atoms with Crippen LogP contribution in [0.2, 0.25) is 0 Å². The Hall–Kier alpha value is -6.06. The summed E-state index contributed by atoms with van der Waals surface area (Å²) < 4.78 is 7.29. The number of hydrogen-bond donors (Lipinski definition) is 5. The molecule has 0 radical (unpaired) electrons. The van der Waals surface area contributed by atoms with Gasteiger partial charge in [0.2, 0.25) is 17.8 Å². The molecule has 1 aliphatic carbocycles. The normalized spacial score (nSPS) is 22.0. The van der Waals surface area contributed by atoms with Crippen molar-refractivity contribution < 1.29 is 29.3 Å². The molecule has 0 unspecified atom stereocenters. The molecule has 3 fully saturated rings. The number of aliphatic hydroxyl groups is 2. The predicted molar refractivity (Wildman–Crippen MR) is 226 cm³/mol. The van der Waals surface area contributed by atoms with E-state index in [2.05, 4.69) is 40.2 Å². The van der Waals surface area contributed by atoms with E-state index in [1.165, 1.54) is 0 Å². The number of likely N-dealkylation sites (tertiary alicyclic amines) is 1. The first-order valence-corrected chi connectivity index (χ1v) is 21.0. The topological polar surface area (TPSA) is 187 Å². The van der Waals surface area contributed by atoms with Crippen molar-refractivity contribution in [3.63, 3.8) is 0 Å². The van der Waals surface area contributed by atoms with E-state index >= 15 is 0 Å². The summed E-state index contributed by atoms with van der Waals surface area (Å²) in [7, 11) is 0. The van der Waals surface area contributed by atoms with E-state index in [1.54, 1.807) is 22.7 Å². The molecule has 5 aromatic rings. The van der Waals surface area contributed by atoms with Crippen LogP contribution in [0.1, 0.15) is 67.7 Å². The molecule has 1 saturated carbocycles. The number of aromatic nitrogens is 4. The molecule has 8 rings (SSSR count). The third kappa shape index (κ3) is 9.06. The minimum Gasteiger partial charge on any atom is -0.445 e. The van der Waals surface area contributed by atoms with Crippen LogP contribution in [-0.4, -0.2) is 110 Å². The minimum atomic E-state index is -1.17. The Kier molecular flexibility index (Phi) is 12.5. The molecule has 2 aromatic heterocycles. The number of carbonyl (C=O) groups is 3. The maximum absolute atomic E-state index is 13.5. The Balaban J connectivity index is 0.983. The highest BCUT2D eigenvalue weighted by Gasteiger charge is 2.44. The second-order valence-electron chi connectivity index (χ2n) is 16.0. The number of rotatable bonds is 13. The molecule has 2 aliphatic heterocycles. The summed E-state index contributed by atoms with van der Waals surface area (Å²) in [6, 6.07) is 28.7. The fourth-order valence-corrected chi connectivity index (χ4v) is 8.66. The summed E-state index contributed by atoms with van der Waals surface area (Å²) >= 11 is 0. The zero-order valence-electron chi connectivity index (χ0n) is 33.8. The van der Waals surface area contributed by atoms with E-state index in [1.807, 2.05) is 71.6 Å². The van der Waals surface area contributed by atoms with Crippen LogP contribution in [0.15, 0.2) is 97.3 Å². The molecule has 2 saturated heterocycles. The number of fused-ring (bicyclic) bond motifs is 1. The number of piperidine rings is 1. The van der Waals surface area contributed by atoms with Gasteiger partial charge in [0, 0.05) is 57.0 Å². The van der Waals surface area contributed by atoms with Crippen LogP contribution in [0.25, 0.3) is 11.2 Å². The first kappa shape index (κ1) is 40.7. The van der Waals surface area contributed by atoms with Gasteiger partial charge in [0.1, 0.15) is 18.8 Å². The third-order valence-electron chi connectivity index (χ3n) is 12.1. The maximum atomic E-state index is 13.5. The van der Waals surface area contributed by atoms with Gasteiger partial charge in [0.15, 0.2) is 17.0 Å². The lowest BCUT2D eigenvalue weighted by molar-refractivity contribution is -0.127. The van der Waals surface area contributed by atoms with E-state index in [-0.39, 0.29) is 55.2 Å². The van der Waals surface area contributed by atoms with Crippen molar-refractivity contribution in [1.29, 1.82) is 0 Å². The molecule has 5 atom stereocenters. The van der Waals surface area contributed by atoms with E-state index in [0.717, 1.165) is 16.7 Å². The quantitative estimate of drug-likeness (QED) is 0.114. The van der Waals surface area contributed by atoms with Crippen LogP contribution in [0, 0.1) is 5.92 Å². The van der Waals surface area contributed by atoms with Crippen LogP contribution in [0.4, 0.5) is 16.6 Å². The van der Waals surface area contributed by atoms with Crippen molar-refractivity contribution in [3.8, 4) is 0 Å². The van der Waals surface area contributed by atoms with E-state index < -0.39 is 24.3 Å². The molecule has 15 heteroatoms. The van der Waals surface area contributed by atoms with Crippen molar-refractivity contribution >= 4 is 40.8 Å². The summed E-state index contributed by atoms with van der Waals surface area (Å²) in [5, 5.41) is 31.9. The van der Waals surface area contributed by atoms with Crippen LogP contribution in [0.3, 0.4) is 0 Å². The van der Waals surface area contributed by atoms with Crippen LogP contribution >= 0.6 is 0 Å². The molecule has 3 amide bonds. The molecule has 5 N–H and O–H groups in total. The first-order chi connectivity index (χ1) is 29.2. The van der Waals surface area contributed by atoms with Gasteiger partial charge in [-0.3, -0.25) is 9.59 Å². The molecule has 314 valence electrons. The Morgan fingerprint density at radius 1 is 0.833 bits per heavy atom. The zero-order valence-corrected chi connectivity index (χ0v) is 33.8. The van der Waals surface area contributed by atoms with Gasteiger partial charge < -0.3 is 45.3 Å². The second kappa shape index (κ2) is 18.5. The fraction of sp³-hybridized carbons (Fsp3) is 0.422. The lowest BCUT2D eigenvalue weighted by atomic mass is 9.91. The number of amides is 3. The number of aliphatic hydroxyl groups excluding tert-OH is 2. The lowest BCUT2D eigenvalue weighted by Crippen LogP contribution is -2.46. The Labute approximate surface area is 349 Å². The summed E-state index contributed by atoms with van der Waals surface area (Å²) in [6.45, 7) is 4.45. The Bertz CT molecular complexity index is 2200. The SMILES string of the molecule is CCC(=O)N[C@H]1C[C@@H](n2cnc3c(NCC(c4ccccc4)c4ccccc4)nc(N4CC[C@@H](NC(=O)C5CCN(C(=O)OCc6ccccc6)CC5)C4)nc32)[C@H](O)[C@@H]1O. The van der Waals surface area contributed by atoms with Gasteiger partial charge in [0.05, 0.1) is 18.4 Å². The number of ether oxygens (including phenoxy) is 1. The first-order valence-electron chi connectivity index (χ1n) is 21.0. The molecule has 60 heavy (non-hydrogen) atoms.